The minimum atomic E-state index is -0.487. The Labute approximate surface area is 93.1 Å². The molecule has 0 unspecified atom stereocenters. The van der Waals surface area contributed by atoms with E-state index < -0.39 is 6.10 Å². The number of carbonyl (C=O) groups excluding carboxylic acids is 1. The van der Waals surface area contributed by atoms with Crippen LogP contribution in [-0.4, -0.2) is 24.3 Å². The number of rotatable bonds is 6. The quantitative estimate of drug-likeness (QED) is 0.640. The van der Waals surface area contributed by atoms with Crippen molar-refractivity contribution in [3.63, 3.8) is 0 Å². The molecular formula is C12H24O3. The van der Waals surface area contributed by atoms with Gasteiger partial charge in [0.2, 0.25) is 0 Å². The summed E-state index contributed by atoms with van der Waals surface area (Å²) in [6.07, 6.45) is 0.383. The van der Waals surface area contributed by atoms with E-state index in [0.29, 0.717) is 12.5 Å². The molecule has 0 aliphatic rings. The molecule has 3 heteroatoms. The van der Waals surface area contributed by atoms with E-state index >= 15 is 0 Å². The molecule has 0 aromatic carbocycles. The first-order valence-corrected chi connectivity index (χ1v) is 5.63. The fourth-order valence-electron chi connectivity index (χ4n) is 0.976. The molecule has 0 rings (SSSR count). The van der Waals surface area contributed by atoms with E-state index in [1.807, 2.05) is 34.6 Å². The second-order valence-corrected chi connectivity index (χ2v) is 4.90. The molecule has 0 amide bonds. The van der Waals surface area contributed by atoms with Crippen LogP contribution in [0.1, 0.15) is 48.0 Å². The van der Waals surface area contributed by atoms with E-state index in [-0.39, 0.29) is 11.6 Å². The predicted molar refractivity (Wildman–Crippen MR) is 60.7 cm³/mol. The van der Waals surface area contributed by atoms with Gasteiger partial charge in [0.15, 0.2) is 6.10 Å². The summed E-state index contributed by atoms with van der Waals surface area (Å²) in [5.74, 6) is 0.0885. The van der Waals surface area contributed by atoms with Crippen LogP contribution < -0.4 is 0 Å². The van der Waals surface area contributed by atoms with E-state index in [2.05, 4.69) is 0 Å². The Morgan fingerprint density at radius 1 is 1.27 bits per heavy atom. The average Bonchev–Trinajstić information content (AvgIpc) is 2.13. The maximum absolute atomic E-state index is 11.5. The van der Waals surface area contributed by atoms with Crippen LogP contribution in [0.25, 0.3) is 0 Å². The maximum atomic E-state index is 11.5. The Balaban J connectivity index is 3.99. The van der Waals surface area contributed by atoms with Gasteiger partial charge in [-0.25, -0.2) is 4.79 Å². The van der Waals surface area contributed by atoms with Crippen molar-refractivity contribution in [2.24, 2.45) is 5.92 Å². The molecule has 0 bridgehead atoms. The Morgan fingerprint density at radius 2 is 1.80 bits per heavy atom. The number of hydrogen-bond acceptors (Lipinski definition) is 3. The van der Waals surface area contributed by atoms with Gasteiger partial charge in [-0.3, -0.25) is 0 Å². The molecule has 0 spiro atoms. The van der Waals surface area contributed by atoms with Crippen molar-refractivity contribution in [1.82, 2.24) is 0 Å². The molecule has 1 atom stereocenters. The lowest BCUT2D eigenvalue weighted by molar-refractivity contribution is -0.167. The molecule has 0 fully saturated rings. The van der Waals surface area contributed by atoms with E-state index in [1.165, 1.54) is 0 Å². The first-order valence-electron chi connectivity index (χ1n) is 5.63. The summed E-state index contributed by atoms with van der Waals surface area (Å²) in [6.45, 7) is 12.2. The third kappa shape index (κ3) is 6.50. The van der Waals surface area contributed by atoms with Gasteiger partial charge < -0.3 is 9.47 Å². The molecule has 0 N–H and O–H groups in total. The number of esters is 1. The Kier molecular flexibility index (Phi) is 5.88. The van der Waals surface area contributed by atoms with Gasteiger partial charge >= 0.3 is 5.97 Å². The van der Waals surface area contributed by atoms with Crippen LogP contribution in [0, 0.1) is 5.92 Å². The van der Waals surface area contributed by atoms with Crippen molar-refractivity contribution in [2.45, 2.75) is 59.7 Å². The highest BCUT2D eigenvalue weighted by Crippen LogP contribution is 2.16. The van der Waals surface area contributed by atoms with Crippen molar-refractivity contribution >= 4 is 5.97 Å². The van der Waals surface area contributed by atoms with Gasteiger partial charge in [-0.05, 0) is 33.1 Å². The van der Waals surface area contributed by atoms with E-state index in [4.69, 9.17) is 9.47 Å². The zero-order valence-electron chi connectivity index (χ0n) is 10.8. The molecule has 0 aromatic heterocycles. The van der Waals surface area contributed by atoms with Gasteiger partial charge in [-0.1, -0.05) is 20.8 Å². The van der Waals surface area contributed by atoms with Crippen molar-refractivity contribution < 1.29 is 14.3 Å². The summed E-state index contributed by atoms with van der Waals surface area (Å²) >= 11 is 0. The summed E-state index contributed by atoms with van der Waals surface area (Å²) in [5, 5.41) is 0. The van der Waals surface area contributed by atoms with Crippen molar-refractivity contribution in [2.75, 3.05) is 6.61 Å². The molecule has 90 valence electrons. The first-order chi connectivity index (χ1) is 6.78. The smallest absolute Gasteiger partial charge is 0.334 e. The van der Waals surface area contributed by atoms with Gasteiger partial charge in [0, 0.05) is 0 Å². The van der Waals surface area contributed by atoms with Crippen molar-refractivity contribution in [3.8, 4) is 0 Å². The largest absolute Gasteiger partial charge is 0.464 e. The van der Waals surface area contributed by atoms with E-state index in [1.54, 1.807) is 6.92 Å². The fraction of sp³-hybridized carbons (Fsp3) is 0.917. The summed E-state index contributed by atoms with van der Waals surface area (Å²) in [5.41, 5.74) is -0.268. The van der Waals surface area contributed by atoms with Gasteiger partial charge in [0.1, 0.15) is 0 Å². The third-order valence-electron chi connectivity index (χ3n) is 2.24. The third-order valence-corrected chi connectivity index (χ3v) is 2.24. The number of ether oxygens (including phenoxy) is 2. The topological polar surface area (TPSA) is 35.5 Å². The normalized spacial score (nSPS) is 14.1. The standard InChI is InChI=1S/C12H24O3/c1-7-12(5,6)15-10(4)11(13)14-8-9(2)3/h9-10H,7-8H2,1-6H3/t10-/m0/s1. The van der Waals surface area contributed by atoms with Gasteiger partial charge in [0.05, 0.1) is 12.2 Å². The molecule has 15 heavy (non-hydrogen) atoms. The van der Waals surface area contributed by atoms with Gasteiger partial charge in [-0.15, -0.1) is 0 Å². The lowest BCUT2D eigenvalue weighted by Gasteiger charge is -2.27. The monoisotopic (exact) mass is 216 g/mol. The Morgan fingerprint density at radius 3 is 2.20 bits per heavy atom. The van der Waals surface area contributed by atoms with Crippen molar-refractivity contribution in [1.29, 1.82) is 0 Å². The molecule has 0 aromatic rings. The highest BCUT2D eigenvalue weighted by atomic mass is 16.6. The molecule has 0 radical (unpaired) electrons. The van der Waals surface area contributed by atoms with Crippen LogP contribution >= 0.6 is 0 Å². The lowest BCUT2D eigenvalue weighted by Crippen LogP contribution is -2.34. The summed E-state index contributed by atoms with van der Waals surface area (Å²) in [4.78, 5) is 11.5. The van der Waals surface area contributed by atoms with Crippen LogP contribution in [0.4, 0.5) is 0 Å². The zero-order valence-corrected chi connectivity index (χ0v) is 10.8. The average molecular weight is 216 g/mol. The molecule has 3 nitrogen and oxygen atoms in total. The van der Waals surface area contributed by atoms with Gasteiger partial charge in [0.25, 0.3) is 0 Å². The predicted octanol–water partition coefficient (Wildman–Crippen LogP) is 2.78. The molecular weight excluding hydrogens is 192 g/mol. The van der Waals surface area contributed by atoms with Crippen LogP contribution in [-0.2, 0) is 14.3 Å². The zero-order chi connectivity index (χ0) is 12.1. The molecule has 0 heterocycles. The highest BCUT2D eigenvalue weighted by molar-refractivity contribution is 5.74. The highest BCUT2D eigenvalue weighted by Gasteiger charge is 2.24. The van der Waals surface area contributed by atoms with E-state index in [0.717, 1.165) is 6.42 Å². The molecule has 0 saturated heterocycles. The Bertz CT molecular complexity index is 197. The van der Waals surface area contributed by atoms with Crippen LogP contribution in [0.5, 0.6) is 0 Å². The molecule has 0 aliphatic carbocycles. The summed E-state index contributed by atoms with van der Waals surface area (Å²) in [6, 6.07) is 0. The number of hydrogen-bond donors (Lipinski definition) is 0. The number of carbonyl (C=O) groups is 1. The van der Waals surface area contributed by atoms with Crippen molar-refractivity contribution in [3.05, 3.63) is 0 Å². The second-order valence-electron chi connectivity index (χ2n) is 4.90. The van der Waals surface area contributed by atoms with Crippen LogP contribution in [0.3, 0.4) is 0 Å². The SMILES string of the molecule is CCC(C)(C)O[C@@H](C)C(=O)OCC(C)C. The summed E-state index contributed by atoms with van der Waals surface area (Å²) < 4.78 is 10.7. The van der Waals surface area contributed by atoms with Crippen LogP contribution in [0.15, 0.2) is 0 Å². The minimum Gasteiger partial charge on any atom is -0.464 e. The maximum Gasteiger partial charge on any atom is 0.334 e. The second kappa shape index (κ2) is 6.11. The van der Waals surface area contributed by atoms with Gasteiger partial charge in [-0.2, -0.15) is 0 Å². The summed E-state index contributed by atoms with van der Waals surface area (Å²) in [7, 11) is 0. The molecule has 0 saturated carbocycles. The lowest BCUT2D eigenvalue weighted by atomic mass is 10.1. The van der Waals surface area contributed by atoms with E-state index in [9.17, 15) is 4.79 Å². The minimum absolute atomic E-state index is 0.268. The first kappa shape index (κ1) is 14.4. The fourth-order valence-corrected chi connectivity index (χ4v) is 0.976. The molecule has 0 aliphatic heterocycles. The Hall–Kier alpha value is -0.570. The van der Waals surface area contributed by atoms with Crippen LogP contribution in [0.2, 0.25) is 0 Å².